The third-order valence-corrected chi connectivity index (χ3v) is 7.81. The Labute approximate surface area is 180 Å². The van der Waals surface area contributed by atoms with Gasteiger partial charge in [0.25, 0.3) is 5.56 Å². The second kappa shape index (κ2) is 7.71. The molecule has 2 aromatic heterocycles. The molecule has 30 heavy (non-hydrogen) atoms. The molecule has 0 spiro atoms. The van der Waals surface area contributed by atoms with Crippen molar-refractivity contribution in [3.8, 4) is 5.75 Å². The number of hydrogen-bond donors (Lipinski definition) is 2. The fraction of sp³-hybridized carbons (Fsp3) is 0.478. The van der Waals surface area contributed by atoms with Crippen LogP contribution in [0.1, 0.15) is 42.6 Å². The van der Waals surface area contributed by atoms with Crippen LogP contribution in [0.15, 0.2) is 29.1 Å². The minimum atomic E-state index is 0.0155. The zero-order chi connectivity index (χ0) is 20.8. The molecule has 1 aromatic carbocycles. The van der Waals surface area contributed by atoms with Crippen LogP contribution in [0.25, 0.3) is 10.2 Å². The molecule has 7 heteroatoms. The van der Waals surface area contributed by atoms with Gasteiger partial charge < -0.3 is 15.0 Å². The summed E-state index contributed by atoms with van der Waals surface area (Å²) in [5.74, 6) is 1.77. The summed E-state index contributed by atoms with van der Waals surface area (Å²) in [6, 6.07) is 7.54. The number of H-pyrrole nitrogens is 1. The summed E-state index contributed by atoms with van der Waals surface area (Å²) >= 11 is 1.71. The van der Waals surface area contributed by atoms with Crippen molar-refractivity contribution in [2.75, 3.05) is 31.1 Å². The van der Waals surface area contributed by atoms with E-state index in [0.717, 1.165) is 67.2 Å². The van der Waals surface area contributed by atoms with Crippen LogP contribution < -0.4 is 10.5 Å². The first-order valence-corrected chi connectivity index (χ1v) is 11.6. The van der Waals surface area contributed by atoms with Crippen LogP contribution in [-0.4, -0.2) is 46.2 Å². The van der Waals surface area contributed by atoms with E-state index in [1.165, 1.54) is 10.4 Å². The standard InChI is InChI=1S/C23H28N4O2S/c1-14-7-8-16-19(13-14)30-23-20(16)22(29)24-21(25-23)15(2)26-9-11-27(12-10-26)17-5-3-4-6-18(17)28/h3-6,14-15,28H,7-13H2,1-2H3,(H,24,25,29)/t14-,15+/m1/s1. The smallest absolute Gasteiger partial charge is 0.259 e. The maximum absolute atomic E-state index is 12.9. The van der Waals surface area contributed by atoms with Crippen molar-refractivity contribution in [3.63, 3.8) is 0 Å². The number of nitrogens with one attached hydrogen (secondary N) is 1. The molecule has 2 aliphatic rings. The SMILES string of the molecule is C[C@@H]1CCc2c(sc3nc([C@H](C)N4CCN(c5ccccc5O)CC4)[nH]c(=O)c23)C1. The van der Waals surface area contributed by atoms with Crippen LogP contribution in [0.3, 0.4) is 0 Å². The molecule has 5 rings (SSSR count). The van der Waals surface area contributed by atoms with E-state index >= 15 is 0 Å². The van der Waals surface area contributed by atoms with Gasteiger partial charge in [-0.1, -0.05) is 19.1 Å². The van der Waals surface area contributed by atoms with Gasteiger partial charge in [-0.2, -0.15) is 0 Å². The molecule has 0 amide bonds. The molecule has 2 N–H and O–H groups in total. The lowest BCUT2D eigenvalue weighted by Gasteiger charge is -2.38. The van der Waals surface area contributed by atoms with Crippen molar-refractivity contribution in [3.05, 3.63) is 50.9 Å². The highest BCUT2D eigenvalue weighted by atomic mass is 32.1. The molecule has 1 fully saturated rings. The maximum atomic E-state index is 12.9. The number of rotatable bonds is 3. The lowest BCUT2D eigenvalue weighted by atomic mass is 9.89. The molecule has 1 aliphatic carbocycles. The summed E-state index contributed by atoms with van der Waals surface area (Å²) in [5, 5.41) is 11.0. The van der Waals surface area contributed by atoms with Crippen LogP contribution in [0.4, 0.5) is 5.69 Å². The second-order valence-corrected chi connectivity index (χ2v) is 9.75. The second-order valence-electron chi connectivity index (χ2n) is 8.67. The van der Waals surface area contributed by atoms with Crippen LogP contribution in [-0.2, 0) is 12.8 Å². The maximum Gasteiger partial charge on any atom is 0.259 e. The molecule has 6 nitrogen and oxygen atoms in total. The Bertz CT molecular complexity index is 1130. The molecule has 3 heterocycles. The van der Waals surface area contributed by atoms with Gasteiger partial charge in [-0.25, -0.2) is 4.98 Å². The van der Waals surface area contributed by atoms with E-state index in [0.29, 0.717) is 11.7 Å². The summed E-state index contributed by atoms with van der Waals surface area (Å²) in [6.45, 7) is 7.78. The molecule has 0 unspecified atom stereocenters. The monoisotopic (exact) mass is 424 g/mol. The van der Waals surface area contributed by atoms with Crippen LogP contribution in [0.5, 0.6) is 5.75 Å². The van der Waals surface area contributed by atoms with E-state index in [4.69, 9.17) is 4.98 Å². The molecule has 0 saturated carbocycles. The van der Waals surface area contributed by atoms with E-state index in [1.54, 1.807) is 17.4 Å². The number of benzene rings is 1. The minimum Gasteiger partial charge on any atom is -0.506 e. The molecule has 1 aliphatic heterocycles. The van der Waals surface area contributed by atoms with Crippen LogP contribution in [0, 0.1) is 5.92 Å². The highest BCUT2D eigenvalue weighted by molar-refractivity contribution is 7.18. The van der Waals surface area contributed by atoms with E-state index in [9.17, 15) is 9.90 Å². The fourth-order valence-electron chi connectivity index (χ4n) is 4.82. The van der Waals surface area contributed by atoms with Gasteiger partial charge in [-0.15, -0.1) is 11.3 Å². The number of phenolic OH excluding ortho intramolecular Hbond substituents is 1. The lowest BCUT2D eigenvalue weighted by molar-refractivity contribution is 0.191. The summed E-state index contributed by atoms with van der Waals surface area (Å²) in [5.41, 5.74) is 2.13. The van der Waals surface area contributed by atoms with Gasteiger partial charge in [0.1, 0.15) is 16.4 Å². The fourth-order valence-corrected chi connectivity index (χ4v) is 6.21. The van der Waals surface area contributed by atoms with Crippen molar-refractivity contribution in [1.29, 1.82) is 0 Å². The molecule has 0 bridgehead atoms. The number of nitrogens with zero attached hydrogens (tertiary/aromatic N) is 3. The summed E-state index contributed by atoms with van der Waals surface area (Å²) in [6.07, 6.45) is 3.21. The largest absolute Gasteiger partial charge is 0.506 e. The van der Waals surface area contributed by atoms with E-state index < -0.39 is 0 Å². The average molecular weight is 425 g/mol. The summed E-state index contributed by atoms with van der Waals surface area (Å²) in [4.78, 5) is 27.7. The molecule has 0 radical (unpaired) electrons. The number of hydrogen-bond acceptors (Lipinski definition) is 6. The Morgan fingerprint density at radius 1 is 1.23 bits per heavy atom. The van der Waals surface area contributed by atoms with Gasteiger partial charge in [0.2, 0.25) is 0 Å². The van der Waals surface area contributed by atoms with E-state index in [2.05, 4.69) is 28.6 Å². The Morgan fingerprint density at radius 2 is 2.00 bits per heavy atom. The highest BCUT2D eigenvalue weighted by Gasteiger charge is 2.27. The van der Waals surface area contributed by atoms with Gasteiger partial charge in [0, 0.05) is 31.1 Å². The summed E-state index contributed by atoms with van der Waals surface area (Å²) in [7, 11) is 0. The quantitative estimate of drug-likeness (QED) is 0.671. The first-order chi connectivity index (χ1) is 14.5. The molecule has 1 saturated heterocycles. The Balaban J connectivity index is 1.36. The number of phenols is 1. The topological polar surface area (TPSA) is 72.5 Å². The van der Waals surface area contributed by atoms with Crippen molar-refractivity contribution >= 4 is 27.2 Å². The Morgan fingerprint density at radius 3 is 2.77 bits per heavy atom. The first kappa shape index (κ1) is 19.6. The first-order valence-electron chi connectivity index (χ1n) is 10.8. The zero-order valence-electron chi connectivity index (χ0n) is 17.5. The van der Waals surface area contributed by atoms with Crippen molar-refractivity contribution in [2.24, 2.45) is 5.92 Å². The molecule has 158 valence electrons. The molecular weight excluding hydrogens is 396 g/mol. The predicted octanol–water partition coefficient (Wildman–Crippen LogP) is 3.70. The van der Waals surface area contributed by atoms with Crippen LogP contribution in [0.2, 0.25) is 0 Å². The number of aromatic nitrogens is 2. The number of para-hydroxylation sites is 2. The van der Waals surface area contributed by atoms with Crippen molar-refractivity contribution < 1.29 is 5.11 Å². The van der Waals surface area contributed by atoms with Gasteiger partial charge in [-0.05, 0) is 49.8 Å². The highest BCUT2D eigenvalue weighted by Crippen LogP contribution is 2.36. The normalized spacial score (nSPS) is 21.0. The van der Waals surface area contributed by atoms with Gasteiger partial charge in [0.05, 0.1) is 17.1 Å². The van der Waals surface area contributed by atoms with Crippen LogP contribution >= 0.6 is 11.3 Å². The average Bonchev–Trinajstić information content (AvgIpc) is 3.11. The predicted molar refractivity (Wildman–Crippen MR) is 122 cm³/mol. The number of piperazine rings is 1. The Hall–Kier alpha value is -2.38. The number of fused-ring (bicyclic) bond motifs is 3. The third kappa shape index (κ3) is 3.40. The number of aromatic amines is 1. The van der Waals surface area contributed by atoms with E-state index in [-0.39, 0.29) is 11.6 Å². The van der Waals surface area contributed by atoms with Crippen molar-refractivity contribution in [2.45, 2.75) is 39.2 Å². The van der Waals surface area contributed by atoms with Gasteiger partial charge in [-0.3, -0.25) is 9.69 Å². The number of aryl methyl sites for hydroxylation is 1. The lowest BCUT2D eigenvalue weighted by Crippen LogP contribution is -2.47. The molecular formula is C23H28N4O2S. The van der Waals surface area contributed by atoms with E-state index in [1.807, 2.05) is 18.2 Å². The van der Waals surface area contributed by atoms with Crippen molar-refractivity contribution in [1.82, 2.24) is 14.9 Å². The van der Waals surface area contributed by atoms with Gasteiger partial charge in [0.15, 0.2) is 0 Å². The molecule has 3 aromatic rings. The zero-order valence-corrected chi connectivity index (χ0v) is 18.3. The third-order valence-electron chi connectivity index (χ3n) is 6.66. The number of aromatic hydroxyl groups is 1. The Kier molecular flexibility index (Phi) is 5.03. The molecule has 2 atom stereocenters. The van der Waals surface area contributed by atoms with Gasteiger partial charge >= 0.3 is 0 Å². The number of anilines is 1. The number of thiophene rings is 1. The summed E-state index contributed by atoms with van der Waals surface area (Å²) < 4.78 is 0. The minimum absolute atomic E-state index is 0.0155.